The fourth-order valence-electron chi connectivity index (χ4n) is 2.90. The van der Waals surface area contributed by atoms with E-state index in [4.69, 9.17) is 9.47 Å². The van der Waals surface area contributed by atoms with Gasteiger partial charge >= 0.3 is 0 Å². The molecule has 1 spiro atoms. The highest BCUT2D eigenvalue weighted by molar-refractivity contribution is 7.05. The molecule has 0 unspecified atom stereocenters. The number of hydrogen-bond donors (Lipinski definition) is 0. The van der Waals surface area contributed by atoms with Gasteiger partial charge in [0, 0.05) is 25.4 Å². The van der Waals surface area contributed by atoms with Crippen molar-refractivity contribution in [1.29, 1.82) is 0 Å². The molecule has 18 heavy (non-hydrogen) atoms. The summed E-state index contributed by atoms with van der Waals surface area (Å²) >= 11 is 1.48. The normalized spacial score (nSPS) is 24.1. The van der Waals surface area contributed by atoms with Crippen LogP contribution in [0.4, 0.5) is 0 Å². The third kappa shape index (κ3) is 2.56. The molecule has 100 valence electrons. The van der Waals surface area contributed by atoms with Crippen LogP contribution in [-0.4, -0.2) is 46.6 Å². The van der Waals surface area contributed by atoms with Crippen LogP contribution in [0.5, 0.6) is 0 Å². The highest BCUT2D eigenvalue weighted by Gasteiger charge is 2.40. The summed E-state index contributed by atoms with van der Waals surface area (Å²) in [5, 5.41) is 3.88. The fourth-order valence-corrected chi connectivity index (χ4v) is 3.46. The van der Waals surface area contributed by atoms with Crippen LogP contribution in [0.2, 0.25) is 0 Å². The smallest absolute Gasteiger partial charge is 0.168 e. The highest BCUT2D eigenvalue weighted by atomic mass is 32.1. The van der Waals surface area contributed by atoms with Gasteiger partial charge in [-0.3, -0.25) is 4.90 Å². The summed E-state index contributed by atoms with van der Waals surface area (Å²) in [4.78, 5) is 3.63. The summed E-state index contributed by atoms with van der Waals surface area (Å²) in [7, 11) is 2.18. The fraction of sp³-hybridized carbons (Fsp3) is 0.833. The molecule has 1 saturated carbocycles. The van der Waals surface area contributed by atoms with Crippen molar-refractivity contribution in [1.82, 2.24) is 14.5 Å². The van der Waals surface area contributed by atoms with Crippen molar-refractivity contribution in [2.75, 3.05) is 20.3 Å². The maximum atomic E-state index is 5.76. The number of aromatic nitrogens is 2. The molecule has 2 fully saturated rings. The van der Waals surface area contributed by atoms with E-state index < -0.39 is 0 Å². The first-order valence-electron chi connectivity index (χ1n) is 6.52. The molecular weight excluding hydrogens is 250 g/mol. The van der Waals surface area contributed by atoms with Crippen molar-refractivity contribution in [3.05, 3.63) is 11.1 Å². The van der Waals surface area contributed by atoms with Crippen LogP contribution in [-0.2, 0) is 16.0 Å². The summed E-state index contributed by atoms with van der Waals surface area (Å²) in [6.07, 6.45) is 6.17. The van der Waals surface area contributed by atoms with Crippen molar-refractivity contribution in [2.45, 2.75) is 44.1 Å². The summed E-state index contributed by atoms with van der Waals surface area (Å²) in [6, 6.07) is 0.616. The third-order valence-electron chi connectivity index (χ3n) is 3.97. The van der Waals surface area contributed by atoms with Crippen LogP contribution in [0, 0.1) is 0 Å². The Morgan fingerprint density at radius 3 is 2.72 bits per heavy atom. The molecule has 6 heteroatoms. The molecule has 2 aliphatic rings. The van der Waals surface area contributed by atoms with Gasteiger partial charge in [-0.25, -0.2) is 0 Å². The molecule has 5 nitrogen and oxygen atoms in total. The molecule has 0 atom stereocenters. The molecule has 0 radical (unpaired) electrons. The van der Waals surface area contributed by atoms with E-state index in [9.17, 15) is 0 Å². The van der Waals surface area contributed by atoms with Crippen molar-refractivity contribution in [3.63, 3.8) is 0 Å². The minimum Gasteiger partial charge on any atom is -0.348 e. The standard InChI is InChI=1S/C12H19N3O2S/c1-15(9-11-8-13-14-18-11)10-2-4-12(5-3-10)16-6-7-17-12/h8,10H,2-7,9H2,1H3. The molecule has 0 N–H and O–H groups in total. The van der Waals surface area contributed by atoms with Crippen molar-refractivity contribution in [2.24, 2.45) is 0 Å². The Hall–Kier alpha value is -0.560. The molecule has 1 aromatic heterocycles. The number of nitrogens with zero attached hydrogens (tertiary/aromatic N) is 3. The van der Waals surface area contributed by atoms with Gasteiger partial charge in [-0.05, 0) is 31.4 Å². The van der Waals surface area contributed by atoms with Crippen molar-refractivity contribution in [3.8, 4) is 0 Å². The van der Waals surface area contributed by atoms with Gasteiger partial charge in [0.05, 0.1) is 24.3 Å². The van der Waals surface area contributed by atoms with E-state index in [0.29, 0.717) is 6.04 Å². The average molecular weight is 269 g/mol. The summed E-state index contributed by atoms with van der Waals surface area (Å²) < 4.78 is 15.4. The van der Waals surface area contributed by atoms with Gasteiger partial charge in [-0.1, -0.05) is 4.49 Å². The summed E-state index contributed by atoms with van der Waals surface area (Å²) in [5.74, 6) is -0.247. The van der Waals surface area contributed by atoms with Gasteiger partial charge in [0.2, 0.25) is 0 Å². The second-order valence-corrected chi connectivity index (χ2v) is 6.01. The number of hydrogen-bond acceptors (Lipinski definition) is 6. The lowest BCUT2D eigenvalue weighted by Gasteiger charge is -2.38. The number of rotatable bonds is 3. The maximum absolute atomic E-state index is 5.76. The predicted molar refractivity (Wildman–Crippen MR) is 68.3 cm³/mol. The first-order valence-corrected chi connectivity index (χ1v) is 7.29. The highest BCUT2D eigenvalue weighted by Crippen LogP contribution is 2.37. The zero-order valence-electron chi connectivity index (χ0n) is 10.7. The van der Waals surface area contributed by atoms with Gasteiger partial charge in [0.1, 0.15) is 0 Å². The van der Waals surface area contributed by atoms with E-state index in [2.05, 4.69) is 21.5 Å². The second kappa shape index (κ2) is 5.21. The topological polar surface area (TPSA) is 47.5 Å². The minimum absolute atomic E-state index is 0.247. The molecule has 1 saturated heterocycles. The van der Waals surface area contributed by atoms with Crippen LogP contribution in [0.3, 0.4) is 0 Å². The third-order valence-corrected chi connectivity index (χ3v) is 4.61. The zero-order valence-corrected chi connectivity index (χ0v) is 11.5. The zero-order chi connectivity index (χ0) is 12.4. The Balaban J connectivity index is 1.52. The summed E-state index contributed by atoms with van der Waals surface area (Å²) in [6.45, 7) is 2.46. The lowest BCUT2D eigenvalue weighted by Crippen LogP contribution is -2.42. The van der Waals surface area contributed by atoms with Gasteiger partial charge in [0.15, 0.2) is 5.79 Å². The molecular formula is C12H19N3O2S. The molecule has 1 aliphatic heterocycles. The van der Waals surface area contributed by atoms with E-state index in [1.807, 2.05) is 6.20 Å². The lowest BCUT2D eigenvalue weighted by atomic mass is 9.89. The molecule has 3 rings (SSSR count). The Labute approximate surface area is 111 Å². The monoisotopic (exact) mass is 269 g/mol. The second-order valence-electron chi connectivity index (χ2n) is 5.14. The Morgan fingerprint density at radius 1 is 1.39 bits per heavy atom. The molecule has 0 bridgehead atoms. The van der Waals surface area contributed by atoms with E-state index in [1.165, 1.54) is 16.4 Å². The van der Waals surface area contributed by atoms with E-state index >= 15 is 0 Å². The lowest BCUT2D eigenvalue weighted by molar-refractivity contribution is -0.183. The Bertz CT molecular complexity index is 369. The predicted octanol–water partition coefficient (Wildman–Crippen LogP) is 1.66. The Kier molecular flexibility index (Phi) is 3.61. The van der Waals surface area contributed by atoms with Gasteiger partial charge < -0.3 is 9.47 Å². The van der Waals surface area contributed by atoms with Crippen LogP contribution in [0.15, 0.2) is 6.20 Å². The molecule has 1 aromatic rings. The molecule has 2 heterocycles. The van der Waals surface area contributed by atoms with Gasteiger partial charge in [-0.2, -0.15) is 0 Å². The molecule has 0 aromatic carbocycles. The molecule has 0 amide bonds. The van der Waals surface area contributed by atoms with Crippen molar-refractivity contribution >= 4 is 11.5 Å². The SMILES string of the molecule is CN(Cc1cnns1)C1CCC2(CC1)OCCO2. The summed E-state index contributed by atoms with van der Waals surface area (Å²) in [5.41, 5.74) is 0. The van der Waals surface area contributed by atoms with E-state index in [-0.39, 0.29) is 5.79 Å². The van der Waals surface area contributed by atoms with Gasteiger partial charge in [-0.15, -0.1) is 5.10 Å². The minimum atomic E-state index is -0.247. The molecule has 1 aliphatic carbocycles. The first kappa shape index (κ1) is 12.5. The van der Waals surface area contributed by atoms with E-state index in [1.54, 1.807) is 0 Å². The largest absolute Gasteiger partial charge is 0.348 e. The van der Waals surface area contributed by atoms with Gasteiger partial charge in [0.25, 0.3) is 0 Å². The average Bonchev–Trinajstić information content (AvgIpc) is 3.03. The van der Waals surface area contributed by atoms with E-state index in [0.717, 1.165) is 45.4 Å². The maximum Gasteiger partial charge on any atom is 0.168 e. The van der Waals surface area contributed by atoms with Crippen LogP contribution in [0.25, 0.3) is 0 Å². The van der Waals surface area contributed by atoms with Crippen LogP contribution < -0.4 is 0 Å². The van der Waals surface area contributed by atoms with Crippen molar-refractivity contribution < 1.29 is 9.47 Å². The Morgan fingerprint density at radius 2 is 2.11 bits per heavy atom. The van der Waals surface area contributed by atoms with Crippen LogP contribution in [0.1, 0.15) is 30.6 Å². The number of ether oxygens (including phenoxy) is 2. The first-order chi connectivity index (χ1) is 8.77. The quantitative estimate of drug-likeness (QED) is 0.835. The van der Waals surface area contributed by atoms with Crippen LogP contribution >= 0.6 is 11.5 Å².